The Balaban J connectivity index is 2.81. The summed E-state index contributed by atoms with van der Waals surface area (Å²) in [5.41, 5.74) is 1.56. The first-order valence-corrected chi connectivity index (χ1v) is 8.56. The third-order valence-corrected chi connectivity index (χ3v) is 4.14. The lowest BCUT2D eigenvalue weighted by atomic mass is 10.1. The van der Waals surface area contributed by atoms with E-state index < -0.39 is 10.0 Å². The Morgan fingerprint density at radius 1 is 1.25 bits per heavy atom. The van der Waals surface area contributed by atoms with Crippen LogP contribution in [0.25, 0.3) is 0 Å². The molecule has 0 heterocycles. The van der Waals surface area contributed by atoms with Gasteiger partial charge in [-0.15, -0.1) is 0 Å². The second kappa shape index (κ2) is 8.24. The summed E-state index contributed by atoms with van der Waals surface area (Å²) in [5, 5.41) is 3.28. The van der Waals surface area contributed by atoms with Crippen molar-refractivity contribution in [3.05, 3.63) is 29.8 Å². The number of hydrogen-bond donors (Lipinski definition) is 2. The van der Waals surface area contributed by atoms with Crippen LogP contribution >= 0.6 is 0 Å². The Bertz CT molecular complexity index is 503. The first kappa shape index (κ1) is 16.9. The fraction of sp³-hybridized carbons (Fsp3) is 0.571. The molecule has 0 fully saturated rings. The Labute approximate surface area is 121 Å². The van der Waals surface area contributed by atoms with E-state index in [0.717, 1.165) is 12.1 Å². The molecular weight excluding hydrogens is 276 g/mol. The zero-order valence-electron chi connectivity index (χ0n) is 12.3. The standard InChI is InChI=1S/C14H24N2O3S/c1-4-15-12(3)13-8-6-7-9-14(13)16-20(17,18)11-10-19-5-2/h6-9,12,15-16H,4-5,10-11H2,1-3H3. The van der Waals surface area contributed by atoms with Crippen molar-refractivity contribution >= 4 is 15.7 Å². The van der Waals surface area contributed by atoms with Crippen LogP contribution in [0.2, 0.25) is 0 Å². The smallest absolute Gasteiger partial charge is 0.235 e. The monoisotopic (exact) mass is 300 g/mol. The van der Waals surface area contributed by atoms with Gasteiger partial charge in [0, 0.05) is 12.6 Å². The average molecular weight is 300 g/mol. The Morgan fingerprint density at radius 2 is 1.95 bits per heavy atom. The van der Waals surface area contributed by atoms with Crippen molar-refractivity contribution in [3.63, 3.8) is 0 Å². The van der Waals surface area contributed by atoms with E-state index in [1.54, 1.807) is 6.07 Å². The van der Waals surface area contributed by atoms with Crippen LogP contribution < -0.4 is 10.0 Å². The van der Waals surface area contributed by atoms with E-state index in [2.05, 4.69) is 10.0 Å². The molecule has 0 aliphatic carbocycles. The fourth-order valence-corrected chi connectivity index (χ4v) is 2.88. The molecule has 2 N–H and O–H groups in total. The van der Waals surface area contributed by atoms with Crippen LogP contribution in [0, 0.1) is 0 Å². The summed E-state index contributed by atoms with van der Waals surface area (Å²) in [4.78, 5) is 0. The lowest BCUT2D eigenvalue weighted by Crippen LogP contribution is -2.23. The fourth-order valence-electron chi connectivity index (χ4n) is 1.92. The van der Waals surface area contributed by atoms with Gasteiger partial charge in [0.25, 0.3) is 0 Å². The van der Waals surface area contributed by atoms with Crippen LogP contribution in [0.5, 0.6) is 0 Å². The van der Waals surface area contributed by atoms with Crippen molar-refractivity contribution in [1.82, 2.24) is 5.32 Å². The van der Waals surface area contributed by atoms with Crippen molar-refractivity contribution in [1.29, 1.82) is 0 Å². The molecule has 0 amide bonds. The quantitative estimate of drug-likeness (QED) is 0.686. The van der Waals surface area contributed by atoms with Gasteiger partial charge in [-0.2, -0.15) is 0 Å². The molecule has 114 valence electrons. The van der Waals surface area contributed by atoms with Crippen LogP contribution in [0.3, 0.4) is 0 Å². The summed E-state index contributed by atoms with van der Waals surface area (Å²) in [6, 6.07) is 7.52. The summed E-state index contributed by atoms with van der Waals surface area (Å²) < 4.78 is 31.7. The average Bonchev–Trinajstić information content (AvgIpc) is 2.39. The second-order valence-electron chi connectivity index (χ2n) is 4.48. The Hall–Kier alpha value is -1.11. The molecule has 1 aromatic rings. The molecule has 0 spiro atoms. The van der Waals surface area contributed by atoms with Crippen LogP contribution in [-0.4, -0.2) is 33.9 Å². The van der Waals surface area contributed by atoms with Gasteiger partial charge >= 0.3 is 0 Å². The molecular formula is C14H24N2O3S. The zero-order chi connectivity index (χ0) is 15.0. The van der Waals surface area contributed by atoms with E-state index in [-0.39, 0.29) is 18.4 Å². The number of ether oxygens (including phenoxy) is 1. The number of para-hydroxylation sites is 1. The molecule has 0 aliphatic heterocycles. The summed E-state index contributed by atoms with van der Waals surface area (Å²) in [7, 11) is -3.38. The number of rotatable bonds is 9. The SMILES string of the molecule is CCNC(C)c1ccccc1NS(=O)(=O)CCOCC. The van der Waals surface area contributed by atoms with Crippen LogP contribution in [0.1, 0.15) is 32.4 Å². The minimum absolute atomic E-state index is 0.0369. The Morgan fingerprint density at radius 3 is 2.60 bits per heavy atom. The molecule has 5 nitrogen and oxygen atoms in total. The number of anilines is 1. The summed E-state index contributed by atoms with van der Waals surface area (Å²) in [5.74, 6) is -0.0369. The minimum atomic E-state index is -3.38. The molecule has 6 heteroatoms. The molecule has 0 saturated carbocycles. The highest BCUT2D eigenvalue weighted by atomic mass is 32.2. The maximum atomic E-state index is 12.0. The van der Waals surface area contributed by atoms with Crippen LogP contribution in [-0.2, 0) is 14.8 Å². The topological polar surface area (TPSA) is 67.4 Å². The molecule has 1 unspecified atom stereocenters. The van der Waals surface area contributed by atoms with Gasteiger partial charge in [-0.05, 0) is 32.0 Å². The van der Waals surface area contributed by atoms with Crippen molar-refractivity contribution in [3.8, 4) is 0 Å². The number of hydrogen-bond acceptors (Lipinski definition) is 4. The molecule has 1 atom stereocenters. The minimum Gasteiger partial charge on any atom is -0.381 e. The molecule has 0 aliphatic rings. The van der Waals surface area contributed by atoms with Gasteiger partial charge in [0.15, 0.2) is 0 Å². The second-order valence-corrected chi connectivity index (χ2v) is 6.33. The predicted molar refractivity (Wildman–Crippen MR) is 82.4 cm³/mol. The lowest BCUT2D eigenvalue weighted by molar-refractivity contribution is 0.163. The molecule has 0 bridgehead atoms. The third kappa shape index (κ3) is 5.48. The van der Waals surface area contributed by atoms with Crippen molar-refractivity contribution < 1.29 is 13.2 Å². The molecule has 0 aromatic heterocycles. The van der Waals surface area contributed by atoms with Crippen LogP contribution in [0.15, 0.2) is 24.3 Å². The number of benzene rings is 1. The van der Waals surface area contributed by atoms with Gasteiger partial charge in [0.05, 0.1) is 18.0 Å². The van der Waals surface area contributed by atoms with Crippen molar-refractivity contribution in [2.45, 2.75) is 26.8 Å². The van der Waals surface area contributed by atoms with E-state index >= 15 is 0 Å². The van der Waals surface area contributed by atoms with Gasteiger partial charge < -0.3 is 10.1 Å². The molecule has 20 heavy (non-hydrogen) atoms. The molecule has 0 radical (unpaired) electrons. The Kier molecular flexibility index (Phi) is 6.98. The zero-order valence-corrected chi connectivity index (χ0v) is 13.2. The summed E-state index contributed by atoms with van der Waals surface area (Å²) in [6.07, 6.45) is 0. The highest BCUT2D eigenvalue weighted by Gasteiger charge is 2.15. The highest BCUT2D eigenvalue weighted by Crippen LogP contribution is 2.23. The molecule has 0 saturated heterocycles. The lowest BCUT2D eigenvalue weighted by Gasteiger charge is -2.18. The van der Waals surface area contributed by atoms with Crippen LogP contribution in [0.4, 0.5) is 5.69 Å². The number of sulfonamides is 1. The first-order chi connectivity index (χ1) is 9.50. The largest absolute Gasteiger partial charge is 0.381 e. The van der Waals surface area contributed by atoms with E-state index in [0.29, 0.717) is 12.3 Å². The van der Waals surface area contributed by atoms with Gasteiger partial charge in [-0.3, -0.25) is 4.72 Å². The molecule has 1 aromatic carbocycles. The predicted octanol–water partition coefficient (Wildman–Crippen LogP) is 2.14. The number of nitrogens with one attached hydrogen (secondary N) is 2. The first-order valence-electron chi connectivity index (χ1n) is 6.90. The van der Waals surface area contributed by atoms with E-state index in [9.17, 15) is 8.42 Å². The van der Waals surface area contributed by atoms with E-state index in [4.69, 9.17) is 4.74 Å². The third-order valence-electron chi connectivity index (χ3n) is 2.90. The van der Waals surface area contributed by atoms with Gasteiger partial charge in [0.2, 0.25) is 10.0 Å². The maximum Gasteiger partial charge on any atom is 0.235 e. The van der Waals surface area contributed by atoms with Gasteiger partial charge in [0.1, 0.15) is 0 Å². The maximum absolute atomic E-state index is 12.0. The van der Waals surface area contributed by atoms with E-state index in [1.165, 1.54) is 0 Å². The normalized spacial score (nSPS) is 13.2. The molecule has 1 rings (SSSR count). The summed E-state index contributed by atoms with van der Waals surface area (Å²) in [6.45, 7) is 7.42. The van der Waals surface area contributed by atoms with Gasteiger partial charge in [-0.25, -0.2) is 8.42 Å². The van der Waals surface area contributed by atoms with Crippen molar-refractivity contribution in [2.75, 3.05) is 30.2 Å². The van der Waals surface area contributed by atoms with E-state index in [1.807, 2.05) is 39.0 Å². The highest BCUT2D eigenvalue weighted by molar-refractivity contribution is 7.92. The van der Waals surface area contributed by atoms with Crippen molar-refractivity contribution in [2.24, 2.45) is 0 Å². The van der Waals surface area contributed by atoms with Gasteiger partial charge in [-0.1, -0.05) is 25.1 Å². The summed E-state index contributed by atoms with van der Waals surface area (Å²) >= 11 is 0.